The van der Waals surface area contributed by atoms with Gasteiger partial charge in [-0.15, -0.1) is 0 Å². The first-order valence-corrected chi connectivity index (χ1v) is 4.47. The minimum Gasteiger partial charge on any atom is -0.240 e. The second kappa shape index (κ2) is 4.90. The highest BCUT2D eigenvalue weighted by Crippen LogP contribution is 2.25. The van der Waals surface area contributed by atoms with Crippen molar-refractivity contribution in [2.75, 3.05) is 6.54 Å². The van der Waals surface area contributed by atoms with Crippen molar-refractivity contribution >= 4 is 22.0 Å². The fourth-order valence-corrected chi connectivity index (χ4v) is 1.48. The van der Waals surface area contributed by atoms with E-state index in [1.807, 2.05) is 0 Å². The number of isocyanates is 1. The smallest absolute Gasteiger partial charge is 0.235 e. The second-order valence-electron chi connectivity index (χ2n) is 2.42. The molecule has 0 heterocycles. The molecule has 0 fully saturated rings. The summed E-state index contributed by atoms with van der Waals surface area (Å²) in [4.78, 5) is 12.9. The topological polar surface area (TPSA) is 29.4 Å². The lowest BCUT2D eigenvalue weighted by atomic mass is 10.1. The van der Waals surface area contributed by atoms with Crippen LogP contribution in [-0.4, -0.2) is 12.6 Å². The van der Waals surface area contributed by atoms with Crippen molar-refractivity contribution in [3.8, 4) is 0 Å². The first-order chi connectivity index (χ1) is 6.25. The quantitative estimate of drug-likeness (QED) is 0.593. The van der Waals surface area contributed by atoms with Crippen LogP contribution in [0.1, 0.15) is 11.7 Å². The van der Waals surface area contributed by atoms with E-state index in [2.05, 4.69) is 20.9 Å². The zero-order valence-electron chi connectivity index (χ0n) is 6.71. The predicted octanol–water partition coefficient (Wildman–Crippen LogP) is 2.80. The summed E-state index contributed by atoms with van der Waals surface area (Å²) in [5, 5.41) is 0. The Bertz CT molecular complexity index is 336. The zero-order chi connectivity index (χ0) is 9.68. The van der Waals surface area contributed by atoms with E-state index in [4.69, 9.17) is 0 Å². The molecule has 1 atom stereocenters. The normalized spacial score (nSPS) is 11.8. The number of aliphatic imine (C=N–C) groups is 1. The summed E-state index contributed by atoms with van der Waals surface area (Å²) in [6, 6.07) is 6.92. The highest BCUT2D eigenvalue weighted by atomic mass is 79.9. The molecule has 0 spiro atoms. The van der Waals surface area contributed by atoms with E-state index in [1.165, 1.54) is 6.08 Å². The summed E-state index contributed by atoms with van der Waals surface area (Å²) in [5.74, 6) is 0. The Labute approximate surface area is 83.6 Å². The number of halogens is 2. The van der Waals surface area contributed by atoms with Crippen molar-refractivity contribution in [2.45, 2.75) is 6.17 Å². The van der Waals surface area contributed by atoms with Crippen molar-refractivity contribution in [1.82, 2.24) is 0 Å². The van der Waals surface area contributed by atoms with Crippen LogP contribution in [0.15, 0.2) is 33.7 Å². The van der Waals surface area contributed by atoms with Crippen LogP contribution in [0.4, 0.5) is 4.39 Å². The molecule has 0 saturated carbocycles. The summed E-state index contributed by atoms with van der Waals surface area (Å²) in [7, 11) is 0. The molecule has 1 aromatic carbocycles. The lowest BCUT2D eigenvalue weighted by molar-refractivity contribution is 0.352. The largest absolute Gasteiger partial charge is 0.240 e. The SMILES string of the molecule is O=C=NCC(F)c1ccccc1Br. The fraction of sp³-hybridized carbons (Fsp3) is 0.222. The van der Waals surface area contributed by atoms with Crippen molar-refractivity contribution in [2.24, 2.45) is 4.99 Å². The molecule has 2 nitrogen and oxygen atoms in total. The molecular formula is C9H7BrFNO. The van der Waals surface area contributed by atoms with Gasteiger partial charge in [0, 0.05) is 10.0 Å². The third-order valence-corrected chi connectivity index (χ3v) is 2.28. The van der Waals surface area contributed by atoms with Crippen molar-refractivity contribution in [1.29, 1.82) is 0 Å². The van der Waals surface area contributed by atoms with Gasteiger partial charge in [-0.25, -0.2) is 14.2 Å². The van der Waals surface area contributed by atoms with Crippen LogP contribution < -0.4 is 0 Å². The van der Waals surface area contributed by atoms with Crippen molar-refractivity contribution in [3.05, 3.63) is 34.3 Å². The average Bonchev–Trinajstić information content (AvgIpc) is 2.15. The van der Waals surface area contributed by atoms with Gasteiger partial charge in [-0.1, -0.05) is 34.1 Å². The highest BCUT2D eigenvalue weighted by molar-refractivity contribution is 9.10. The molecule has 0 amide bonds. The molecule has 0 bridgehead atoms. The van der Waals surface area contributed by atoms with E-state index in [-0.39, 0.29) is 6.54 Å². The number of hydrogen-bond donors (Lipinski definition) is 0. The van der Waals surface area contributed by atoms with Crippen LogP contribution in [0.2, 0.25) is 0 Å². The number of nitrogens with zero attached hydrogens (tertiary/aromatic N) is 1. The van der Waals surface area contributed by atoms with E-state index in [0.29, 0.717) is 10.0 Å². The lowest BCUT2D eigenvalue weighted by Crippen LogP contribution is -1.96. The van der Waals surface area contributed by atoms with Gasteiger partial charge in [-0.3, -0.25) is 0 Å². The Morgan fingerprint density at radius 2 is 2.23 bits per heavy atom. The van der Waals surface area contributed by atoms with E-state index in [9.17, 15) is 9.18 Å². The van der Waals surface area contributed by atoms with Gasteiger partial charge < -0.3 is 0 Å². The number of hydrogen-bond acceptors (Lipinski definition) is 2. The monoisotopic (exact) mass is 243 g/mol. The van der Waals surface area contributed by atoms with Gasteiger partial charge in [0.1, 0.15) is 6.17 Å². The summed E-state index contributed by atoms with van der Waals surface area (Å²) in [6.07, 6.45) is 0.0548. The average molecular weight is 244 g/mol. The maximum absolute atomic E-state index is 13.3. The molecule has 13 heavy (non-hydrogen) atoms. The minimum atomic E-state index is -1.25. The lowest BCUT2D eigenvalue weighted by Gasteiger charge is -2.06. The molecule has 0 aliphatic heterocycles. The summed E-state index contributed by atoms with van der Waals surface area (Å²) < 4.78 is 14.0. The van der Waals surface area contributed by atoms with Crippen LogP contribution in [0, 0.1) is 0 Å². The summed E-state index contributed by atoms with van der Waals surface area (Å²) in [5.41, 5.74) is 0.501. The van der Waals surface area contributed by atoms with Crippen LogP contribution in [-0.2, 0) is 4.79 Å². The van der Waals surface area contributed by atoms with Crippen LogP contribution in [0.3, 0.4) is 0 Å². The Morgan fingerprint density at radius 1 is 1.54 bits per heavy atom. The Balaban J connectivity index is 2.81. The molecule has 68 valence electrons. The first-order valence-electron chi connectivity index (χ1n) is 3.68. The third kappa shape index (κ3) is 2.76. The maximum Gasteiger partial charge on any atom is 0.235 e. The third-order valence-electron chi connectivity index (χ3n) is 1.56. The number of benzene rings is 1. The number of rotatable bonds is 3. The number of alkyl halides is 1. The highest BCUT2D eigenvalue weighted by Gasteiger charge is 2.11. The van der Waals surface area contributed by atoms with E-state index in [1.54, 1.807) is 24.3 Å². The van der Waals surface area contributed by atoms with Gasteiger partial charge in [0.05, 0.1) is 6.54 Å². The van der Waals surface area contributed by atoms with Gasteiger partial charge >= 0.3 is 0 Å². The minimum absolute atomic E-state index is 0.174. The summed E-state index contributed by atoms with van der Waals surface area (Å²) >= 11 is 3.21. The van der Waals surface area contributed by atoms with Gasteiger partial charge in [-0.05, 0) is 6.07 Å². The van der Waals surface area contributed by atoms with Gasteiger partial charge in [0.25, 0.3) is 0 Å². The van der Waals surface area contributed by atoms with Crippen LogP contribution >= 0.6 is 15.9 Å². The maximum atomic E-state index is 13.3. The molecular weight excluding hydrogens is 237 g/mol. The molecule has 1 rings (SSSR count). The van der Waals surface area contributed by atoms with Crippen molar-refractivity contribution in [3.63, 3.8) is 0 Å². The second-order valence-corrected chi connectivity index (χ2v) is 3.28. The molecule has 1 aromatic rings. The fourth-order valence-electron chi connectivity index (χ4n) is 0.945. The van der Waals surface area contributed by atoms with Gasteiger partial charge in [0.2, 0.25) is 6.08 Å². The molecule has 0 aliphatic rings. The standard InChI is InChI=1S/C9H7BrFNO/c10-8-4-2-1-3-7(8)9(11)5-12-6-13/h1-4,9H,5H2. The van der Waals surface area contributed by atoms with E-state index in [0.717, 1.165) is 0 Å². The van der Waals surface area contributed by atoms with E-state index >= 15 is 0 Å². The molecule has 0 saturated heterocycles. The molecule has 1 unspecified atom stereocenters. The van der Waals surface area contributed by atoms with Gasteiger partial charge in [0.15, 0.2) is 0 Å². The first kappa shape index (κ1) is 10.1. The Morgan fingerprint density at radius 3 is 2.85 bits per heavy atom. The Kier molecular flexibility index (Phi) is 3.80. The van der Waals surface area contributed by atoms with Gasteiger partial charge in [-0.2, -0.15) is 0 Å². The molecule has 0 radical (unpaired) electrons. The zero-order valence-corrected chi connectivity index (χ0v) is 8.29. The molecule has 0 N–H and O–H groups in total. The van der Waals surface area contributed by atoms with E-state index < -0.39 is 6.17 Å². The summed E-state index contributed by atoms with van der Waals surface area (Å²) in [6.45, 7) is -0.174. The van der Waals surface area contributed by atoms with Crippen LogP contribution in [0.25, 0.3) is 0 Å². The predicted molar refractivity (Wildman–Crippen MR) is 51.0 cm³/mol. The van der Waals surface area contributed by atoms with Crippen molar-refractivity contribution < 1.29 is 9.18 Å². The Hall–Kier alpha value is -0.990. The number of carbonyl (C=O) groups excluding carboxylic acids is 1. The molecule has 0 aromatic heterocycles. The molecule has 0 aliphatic carbocycles. The van der Waals surface area contributed by atoms with Crippen LogP contribution in [0.5, 0.6) is 0 Å². The molecule has 4 heteroatoms.